The number of hydrogen-bond donors (Lipinski definition) is 2. The maximum Gasteiger partial charge on any atom is 0.106 e. The van der Waals surface area contributed by atoms with Gasteiger partial charge in [0.2, 0.25) is 0 Å². The Morgan fingerprint density at radius 1 is 1.46 bits per heavy atom. The van der Waals surface area contributed by atoms with Crippen LogP contribution in [0.25, 0.3) is 11.4 Å². The van der Waals surface area contributed by atoms with Crippen LogP contribution in [0.2, 0.25) is 0 Å². The van der Waals surface area contributed by atoms with Gasteiger partial charge in [-0.15, -0.1) is 0 Å². The van der Waals surface area contributed by atoms with E-state index in [1.54, 1.807) is 12.4 Å². The number of aryl methyl sites for hydroxylation is 1. The van der Waals surface area contributed by atoms with Gasteiger partial charge in [-0.1, -0.05) is 0 Å². The van der Waals surface area contributed by atoms with Crippen molar-refractivity contribution >= 4 is 5.69 Å². The fraction of sp³-hybridized carbons (Fsp3) is 0.111. The van der Waals surface area contributed by atoms with E-state index >= 15 is 0 Å². The van der Waals surface area contributed by atoms with E-state index in [0.717, 1.165) is 17.0 Å². The molecular weight excluding hydrogens is 164 g/mol. The number of aromatic nitrogens is 3. The van der Waals surface area contributed by atoms with Gasteiger partial charge in [-0.25, -0.2) is 0 Å². The minimum atomic E-state index is 0.623. The molecule has 0 aliphatic heterocycles. The maximum atomic E-state index is 5.69. The Kier molecular flexibility index (Phi) is 1.73. The minimum Gasteiger partial charge on any atom is -0.396 e. The molecule has 0 spiro atoms. The monoisotopic (exact) mass is 174 g/mol. The SMILES string of the molecule is Cc1ccnc(-c2[nH]ncc2N)c1. The van der Waals surface area contributed by atoms with Gasteiger partial charge in [0.05, 0.1) is 17.6 Å². The third kappa shape index (κ3) is 1.38. The molecule has 0 amide bonds. The van der Waals surface area contributed by atoms with E-state index in [1.807, 2.05) is 19.1 Å². The predicted octanol–water partition coefficient (Wildman–Crippen LogP) is 1.36. The van der Waals surface area contributed by atoms with Gasteiger partial charge in [0.15, 0.2) is 0 Å². The number of hydrogen-bond acceptors (Lipinski definition) is 3. The van der Waals surface area contributed by atoms with Gasteiger partial charge in [-0.3, -0.25) is 10.1 Å². The fourth-order valence-corrected chi connectivity index (χ4v) is 1.17. The molecule has 0 fully saturated rings. The van der Waals surface area contributed by atoms with Gasteiger partial charge in [-0.2, -0.15) is 5.10 Å². The average Bonchev–Trinajstić information content (AvgIpc) is 2.51. The lowest BCUT2D eigenvalue weighted by Gasteiger charge is -1.98. The van der Waals surface area contributed by atoms with Crippen LogP contribution >= 0.6 is 0 Å². The first kappa shape index (κ1) is 7.79. The fourth-order valence-electron chi connectivity index (χ4n) is 1.17. The van der Waals surface area contributed by atoms with Gasteiger partial charge in [-0.05, 0) is 24.6 Å². The first-order valence-corrected chi connectivity index (χ1v) is 3.99. The Balaban J connectivity index is 2.53. The van der Waals surface area contributed by atoms with Crippen molar-refractivity contribution in [3.63, 3.8) is 0 Å². The molecule has 4 heteroatoms. The van der Waals surface area contributed by atoms with Crippen LogP contribution < -0.4 is 5.73 Å². The lowest BCUT2D eigenvalue weighted by atomic mass is 10.2. The van der Waals surface area contributed by atoms with Crippen molar-refractivity contribution in [2.24, 2.45) is 0 Å². The number of anilines is 1. The Morgan fingerprint density at radius 2 is 2.31 bits per heavy atom. The summed E-state index contributed by atoms with van der Waals surface area (Å²) in [6.45, 7) is 2.01. The summed E-state index contributed by atoms with van der Waals surface area (Å²) in [6, 6.07) is 3.90. The van der Waals surface area contributed by atoms with Gasteiger partial charge in [0.25, 0.3) is 0 Å². The van der Waals surface area contributed by atoms with Gasteiger partial charge in [0.1, 0.15) is 5.69 Å². The zero-order valence-corrected chi connectivity index (χ0v) is 7.28. The molecule has 2 aromatic heterocycles. The number of rotatable bonds is 1. The van der Waals surface area contributed by atoms with Crippen molar-refractivity contribution in [2.45, 2.75) is 6.92 Å². The summed E-state index contributed by atoms with van der Waals surface area (Å²) < 4.78 is 0. The van der Waals surface area contributed by atoms with Crippen LogP contribution in [0.4, 0.5) is 5.69 Å². The quantitative estimate of drug-likeness (QED) is 0.686. The number of pyridine rings is 1. The summed E-state index contributed by atoms with van der Waals surface area (Å²) in [5.74, 6) is 0. The number of nitrogens with one attached hydrogen (secondary N) is 1. The molecule has 2 heterocycles. The van der Waals surface area contributed by atoms with Crippen LogP contribution in [0.1, 0.15) is 5.56 Å². The van der Waals surface area contributed by atoms with Crippen molar-refractivity contribution in [1.29, 1.82) is 0 Å². The van der Waals surface area contributed by atoms with Gasteiger partial charge < -0.3 is 5.73 Å². The molecule has 0 bridgehead atoms. The Morgan fingerprint density at radius 3 is 2.92 bits per heavy atom. The number of nitrogens with zero attached hydrogens (tertiary/aromatic N) is 2. The van der Waals surface area contributed by atoms with Gasteiger partial charge >= 0.3 is 0 Å². The Hall–Kier alpha value is -1.84. The summed E-state index contributed by atoms with van der Waals surface area (Å²) in [5.41, 5.74) is 9.07. The van der Waals surface area contributed by atoms with Crippen molar-refractivity contribution in [3.05, 3.63) is 30.1 Å². The van der Waals surface area contributed by atoms with E-state index in [-0.39, 0.29) is 0 Å². The molecule has 13 heavy (non-hydrogen) atoms. The lowest BCUT2D eigenvalue weighted by Crippen LogP contribution is -1.89. The van der Waals surface area contributed by atoms with Crippen molar-refractivity contribution in [2.75, 3.05) is 5.73 Å². The third-order valence-corrected chi connectivity index (χ3v) is 1.84. The molecule has 4 nitrogen and oxygen atoms in total. The first-order valence-electron chi connectivity index (χ1n) is 3.99. The molecule has 2 rings (SSSR count). The van der Waals surface area contributed by atoms with Crippen LogP contribution in [0.15, 0.2) is 24.5 Å². The summed E-state index contributed by atoms with van der Waals surface area (Å²) >= 11 is 0. The molecule has 0 saturated heterocycles. The van der Waals surface area contributed by atoms with E-state index in [1.165, 1.54) is 0 Å². The third-order valence-electron chi connectivity index (χ3n) is 1.84. The van der Waals surface area contributed by atoms with E-state index in [2.05, 4.69) is 15.2 Å². The van der Waals surface area contributed by atoms with Crippen LogP contribution in [-0.2, 0) is 0 Å². The summed E-state index contributed by atoms with van der Waals surface area (Å²) in [6.07, 6.45) is 3.34. The highest BCUT2D eigenvalue weighted by Crippen LogP contribution is 2.20. The zero-order valence-electron chi connectivity index (χ0n) is 7.28. The molecule has 0 saturated carbocycles. The van der Waals surface area contributed by atoms with Crippen LogP contribution in [0, 0.1) is 6.92 Å². The predicted molar refractivity (Wildman–Crippen MR) is 51.0 cm³/mol. The molecule has 0 aliphatic rings. The summed E-state index contributed by atoms with van der Waals surface area (Å²) in [4.78, 5) is 4.19. The van der Waals surface area contributed by atoms with Crippen LogP contribution in [0.5, 0.6) is 0 Å². The molecular formula is C9H10N4. The smallest absolute Gasteiger partial charge is 0.106 e. The topological polar surface area (TPSA) is 67.6 Å². The second-order valence-corrected chi connectivity index (χ2v) is 2.92. The van der Waals surface area contributed by atoms with Crippen LogP contribution in [-0.4, -0.2) is 15.2 Å². The highest BCUT2D eigenvalue weighted by Gasteiger charge is 2.04. The summed E-state index contributed by atoms with van der Waals surface area (Å²) in [7, 11) is 0. The second kappa shape index (κ2) is 2.90. The van der Waals surface area contributed by atoms with Crippen LogP contribution in [0.3, 0.4) is 0 Å². The number of H-pyrrole nitrogens is 1. The minimum absolute atomic E-state index is 0.623. The number of nitrogens with two attached hydrogens (primary N) is 1. The Labute approximate surface area is 75.8 Å². The zero-order chi connectivity index (χ0) is 9.26. The van der Waals surface area contributed by atoms with E-state index < -0.39 is 0 Å². The van der Waals surface area contributed by atoms with Gasteiger partial charge in [0, 0.05) is 6.20 Å². The molecule has 0 radical (unpaired) electrons. The Bertz CT molecular complexity index is 419. The van der Waals surface area contributed by atoms with E-state index in [9.17, 15) is 0 Å². The highest BCUT2D eigenvalue weighted by molar-refractivity contribution is 5.68. The molecule has 3 N–H and O–H groups in total. The normalized spacial score (nSPS) is 10.2. The average molecular weight is 174 g/mol. The van der Waals surface area contributed by atoms with E-state index in [0.29, 0.717) is 5.69 Å². The van der Waals surface area contributed by atoms with Crippen molar-refractivity contribution in [1.82, 2.24) is 15.2 Å². The molecule has 0 atom stereocenters. The van der Waals surface area contributed by atoms with Crippen molar-refractivity contribution < 1.29 is 0 Å². The molecule has 0 aromatic carbocycles. The lowest BCUT2D eigenvalue weighted by molar-refractivity contribution is 1.08. The molecule has 0 aliphatic carbocycles. The number of aromatic amines is 1. The maximum absolute atomic E-state index is 5.69. The highest BCUT2D eigenvalue weighted by atomic mass is 15.1. The second-order valence-electron chi connectivity index (χ2n) is 2.92. The molecule has 2 aromatic rings. The van der Waals surface area contributed by atoms with Crippen molar-refractivity contribution in [3.8, 4) is 11.4 Å². The summed E-state index contributed by atoms with van der Waals surface area (Å²) in [5, 5.41) is 6.65. The first-order chi connectivity index (χ1) is 6.27. The number of nitrogen functional groups attached to an aromatic ring is 1. The molecule has 0 unspecified atom stereocenters. The van der Waals surface area contributed by atoms with E-state index in [4.69, 9.17) is 5.73 Å². The largest absolute Gasteiger partial charge is 0.396 e. The standard InChI is InChI=1S/C9H10N4/c1-6-2-3-11-8(4-6)9-7(10)5-12-13-9/h2-5H,10H2,1H3,(H,12,13). The molecule has 66 valence electrons.